The maximum Gasteiger partial charge on any atom is 0.187 e. The smallest absolute Gasteiger partial charge is 0.187 e. The van der Waals surface area contributed by atoms with Crippen molar-refractivity contribution in [3.05, 3.63) is 29.8 Å². The summed E-state index contributed by atoms with van der Waals surface area (Å²) in [4.78, 5) is 0. The molecule has 0 radical (unpaired) electrons. The van der Waals surface area contributed by atoms with Crippen molar-refractivity contribution in [1.82, 2.24) is 0 Å². The second kappa shape index (κ2) is 5.90. The topological polar surface area (TPSA) is 66.4 Å². The second-order valence-corrected chi connectivity index (χ2v) is 5.30. The third-order valence-electron chi connectivity index (χ3n) is 4.04. The van der Waals surface area contributed by atoms with Crippen molar-refractivity contribution in [2.24, 2.45) is 0 Å². The van der Waals surface area contributed by atoms with Crippen LogP contribution >= 0.6 is 0 Å². The van der Waals surface area contributed by atoms with E-state index in [0.29, 0.717) is 13.2 Å². The summed E-state index contributed by atoms with van der Waals surface area (Å²) in [5.41, 5.74) is 0.196. The first kappa shape index (κ1) is 14.7. The van der Waals surface area contributed by atoms with Gasteiger partial charge < -0.3 is 28.8 Å². The maximum atomic E-state index is 9.64. The monoisotopic (exact) mass is 296 g/mol. The van der Waals surface area contributed by atoms with Crippen LogP contribution in [0.1, 0.15) is 5.56 Å². The normalized spacial score (nSPS) is 34.3. The number of benzene rings is 1. The van der Waals surface area contributed by atoms with Gasteiger partial charge in [-0.2, -0.15) is 0 Å². The molecule has 2 aliphatic rings. The fourth-order valence-electron chi connectivity index (χ4n) is 2.84. The number of hydrogen-bond acceptors (Lipinski definition) is 6. The fourth-order valence-corrected chi connectivity index (χ4v) is 2.84. The molecule has 0 aromatic heterocycles. The molecular weight excluding hydrogens is 276 g/mol. The van der Waals surface area contributed by atoms with E-state index in [2.05, 4.69) is 0 Å². The molecule has 3 rings (SSSR count). The first-order valence-electron chi connectivity index (χ1n) is 6.90. The van der Waals surface area contributed by atoms with Gasteiger partial charge in [0.1, 0.15) is 23.6 Å². The minimum absolute atomic E-state index is 0.156. The molecule has 0 amide bonds. The highest BCUT2D eigenvalue weighted by Crippen LogP contribution is 2.42. The first-order chi connectivity index (χ1) is 10.2. The molecule has 116 valence electrons. The quantitative estimate of drug-likeness (QED) is 0.834. The Balaban J connectivity index is 1.66. The van der Waals surface area contributed by atoms with Crippen LogP contribution in [-0.2, 0) is 25.6 Å². The zero-order valence-corrected chi connectivity index (χ0v) is 12.2. The molecule has 1 N–H and O–H groups in total. The van der Waals surface area contributed by atoms with Crippen LogP contribution in [0.3, 0.4) is 0 Å². The Bertz CT molecular complexity index is 476. The standard InChI is InChI=1S/C15H20O6/c1-17-11-5-3-10(4-6-11)7-19-13-12-14(18-2)21-15(13,8-16)9-20-12/h3-6,12-14,16H,7-9H2,1-2H3/t12-,13+,14?,15+/m0/s1. The SMILES string of the molecule is COc1ccc(CO[C@@H]2[C@@H]3OC[C@@]2(CO)OC3OC)cc1. The van der Waals surface area contributed by atoms with Gasteiger partial charge in [-0.05, 0) is 17.7 Å². The molecule has 1 aromatic rings. The van der Waals surface area contributed by atoms with E-state index in [0.717, 1.165) is 11.3 Å². The summed E-state index contributed by atoms with van der Waals surface area (Å²) < 4.78 is 27.7. The Hall–Kier alpha value is -1.18. The molecule has 0 spiro atoms. The van der Waals surface area contributed by atoms with Gasteiger partial charge in [0, 0.05) is 7.11 Å². The highest BCUT2D eigenvalue weighted by atomic mass is 16.8. The summed E-state index contributed by atoms with van der Waals surface area (Å²) in [6, 6.07) is 7.65. The highest BCUT2D eigenvalue weighted by Gasteiger charge is 2.62. The van der Waals surface area contributed by atoms with Gasteiger partial charge in [0.25, 0.3) is 0 Å². The van der Waals surface area contributed by atoms with Gasteiger partial charge >= 0.3 is 0 Å². The molecule has 1 unspecified atom stereocenters. The van der Waals surface area contributed by atoms with Crippen molar-refractivity contribution in [1.29, 1.82) is 0 Å². The van der Waals surface area contributed by atoms with Gasteiger partial charge in [0.05, 0.1) is 26.9 Å². The lowest BCUT2D eigenvalue weighted by Crippen LogP contribution is -2.45. The van der Waals surface area contributed by atoms with Crippen molar-refractivity contribution in [3.8, 4) is 5.75 Å². The zero-order chi connectivity index (χ0) is 14.9. The molecule has 0 saturated carbocycles. The highest BCUT2D eigenvalue weighted by molar-refractivity contribution is 5.26. The lowest BCUT2D eigenvalue weighted by atomic mass is 10.0. The summed E-state index contributed by atoms with van der Waals surface area (Å²) in [7, 11) is 3.19. The first-order valence-corrected chi connectivity index (χ1v) is 6.90. The van der Waals surface area contributed by atoms with Crippen LogP contribution in [0.5, 0.6) is 5.75 Å². The molecule has 2 saturated heterocycles. The van der Waals surface area contributed by atoms with E-state index in [9.17, 15) is 5.11 Å². The molecule has 2 fully saturated rings. The molecule has 6 heteroatoms. The zero-order valence-electron chi connectivity index (χ0n) is 12.2. The average Bonchev–Trinajstić information content (AvgIpc) is 3.05. The van der Waals surface area contributed by atoms with Crippen LogP contribution in [0.15, 0.2) is 24.3 Å². The summed E-state index contributed by atoms with van der Waals surface area (Å²) in [5.74, 6) is 0.803. The largest absolute Gasteiger partial charge is 0.497 e. The Morgan fingerprint density at radius 2 is 2.05 bits per heavy atom. The second-order valence-electron chi connectivity index (χ2n) is 5.30. The van der Waals surface area contributed by atoms with Gasteiger partial charge in [0.2, 0.25) is 0 Å². The Morgan fingerprint density at radius 1 is 1.29 bits per heavy atom. The minimum Gasteiger partial charge on any atom is -0.497 e. The van der Waals surface area contributed by atoms with Gasteiger partial charge in [0.15, 0.2) is 6.29 Å². The Kier molecular flexibility index (Phi) is 4.14. The van der Waals surface area contributed by atoms with E-state index in [-0.39, 0.29) is 18.8 Å². The average molecular weight is 296 g/mol. The van der Waals surface area contributed by atoms with Crippen molar-refractivity contribution < 1.29 is 28.8 Å². The lowest BCUT2D eigenvalue weighted by molar-refractivity contribution is -0.242. The van der Waals surface area contributed by atoms with Crippen molar-refractivity contribution in [3.63, 3.8) is 0 Å². The van der Waals surface area contributed by atoms with Crippen molar-refractivity contribution in [2.75, 3.05) is 27.4 Å². The number of rotatable bonds is 6. The molecule has 6 nitrogen and oxygen atoms in total. The van der Waals surface area contributed by atoms with Gasteiger partial charge in [-0.15, -0.1) is 0 Å². The van der Waals surface area contributed by atoms with Crippen LogP contribution in [0.4, 0.5) is 0 Å². The summed E-state index contributed by atoms with van der Waals surface area (Å²) >= 11 is 0. The minimum atomic E-state index is -0.822. The summed E-state index contributed by atoms with van der Waals surface area (Å²) in [5, 5.41) is 9.64. The molecule has 0 aliphatic carbocycles. The third-order valence-corrected chi connectivity index (χ3v) is 4.04. The molecule has 1 aromatic carbocycles. The predicted molar refractivity (Wildman–Crippen MR) is 73.0 cm³/mol. The van der Waals surface area contributed by atoms with Crippen LogP contribution in [-0.4, -0.2) is 56.6 Å². The Labute approximate surface area is 123 Å². The van der Waals surface area contributed by atoms with Crippen LogP contribution < -0.4 is 4.74 Å². The van der Waals surface area contributed by atoms with E-state index >= 15 is 0 Å². The van der Waals surface area contributed by atoms with Crippen molar-refractivity contribution >= 4 is 0 Å². The van der Waals surface area contributed by atoms with Crippen molar-refractivity contribution in [2.45, 2.75) is 30.7 Å². The number of fused-ring (bicyclic) bond motifs is 2. The lowest BCUT2D eigenvalue weighted by Gasteiger charge is -2.28. The Morgan fingerprint density at radius 3 is 2.67 bits per heavy atom. The third kappa shape index (κ3) is 2.54. The number of aliphatic hydroxyl groups is 1. The molecule has 2 bridgehead atoms. The maximum absolute atomic E-state index is 9.64. The van der Waals surface area contributed by atoms with E-state index in [1.807, 2.05) is 24.3 Å². The summed E-state index contributed by atoms with van der Waals surface area (Å²) in [6.45, 7) is 0.577. The molecule has 2 aliphatic heterocycles. The van der Waals surface area contributed by atoms with E-state index in [1.165, 1.54) is 0 Å². The molecular formula is C15H20O6. The van der Waals surface area contributed by atoms with Gasteiger partial charge in [-0.1, -0.05) is 12.1 Å². The predicted octanol–water partition coefficient (Wildman–Crippen LogP) is 0.713. The fraction of sp³-hybridized carbons (Fsp3) is 0.600. The number of hydrogen-bond donors (Lipinski definition) is 1. The van der Waals surface area contributed by atoms with E-state index in [1.54, 1.807) is 14.2 Å². The van der Waals surface area contributed by atoms with Crippen LogP contribution in [0.25, 0.3) is 0 Å². The van der Waals surface area contributed by atoms with Gasteiger partial charge in [-0.25, -0.2) is 0 Å². The molecule has 2 heterocycles. The molecule has 4 atom stereocenters. The van der Waals surface area contributed by atoms with Crippen LogP contribution in [0.2, 0.25) is 0 Å². The van der Waals surface area contributed by atoms with E-state index in [4.69, 9.17) is 23.7 Å². The van der Waals surface area contributed by atoms with Crippen LogP contribution in [0, 0.1) is 0 Å². The summed E-state index contributed by atoms with van der Waals surface area (Å²) in [6.07, 6.45) is -1.14. The van der Waals surface area contributed by atoms with Gasteiger partial charge in [-0.3, -0.25) is 0 Å². The molecule has 21 heavy (non-hydrogen) atoms. The number of ether oxygens (including phenoxy) is 5. The number of methoxy groups -OCH3 is 2. The number of aliphatic hydroxyl groups excluding tert-OH is 1. The van der Waals surface area contributed by atoms with E-state index < -0.39 is 11.9 Å².